The smallest absolute Gasteiger partial charge is 0.0942 e. The van der Waals surface area contributed by atoms with E-state index in [9.17, 15) is 0 Å². The third-order valence-corrected chi connectivity index (χ3v) is 2.08. The van der Waals surface area contributed by atoms with Crippen molar-refractivity contribution < 1.29 is 5.11 Å². The van der Waals surface area contributed by atoms with Crippen LogP contribution in [0, 0.1) is 16.7 Å². The van der Waals surface area contributed by atoms with Crippen LogP contribution in [0.4, 0.5) is 0 Å². The zero-order chi connectivity index (χ0) is 7.61. The van der Waals surface area contributed by atoms with Crippen molar-refractivity contribution in [3.63, 3.8) is 0 Å². The Bertz CT molecular complexity index is 163. The van der Waals surface area contributed by atoms with Crippen molar-refractivity contribution in [2.45, 2.75) is 6.42 Å². The van der Waals surface area contributed by atoms with E-state index in [-0.39, 0.29) is 6.61 Å². The third-order valence-electron chi connectivity index (χ3n) is 2.08. The first-order valence-corrected chi connectivity index (χ1v) is 3.43. The van der Waals surface area contributed by atoms with Crippen LogP contribution >= 0.6 is 0 Å². The maximum atomic E-state index is 8.89. The summed E-state index contributed by atoms with van der Waals surface area (Å²) in [5.41, 5.74) is -0.464. The number of aliphatic hydroxyl groups is 1. The molecule has 56 valence electrons. The average molecular weight is 140 g/mol. The van der Waals surface area contributed by atoms with Crippen LogP contribution in [-0.4, -0.2) is 36.8 Å². The molecule has 0 radical (unpaired) electrons. The van der Waals surface area contributed by atoms with Crippen LogP contribution in [0.3, 0.4) is 0 Å². The Morgan fingerprint density at radius 1 is 1.80 bits per heavy atom. The molecule has 0 aromatic carbocycles. The van der Waals surface area contributed by atoms with Gasteiger partial charge in [-0.05, 0) is 20.0 Å². The van der Waals surface area contributed by atoms with Gasteiger partial charge < -0.3 is 10.0 Å². The van der Waals surface area contributed by atoms with Gasteiger partial charge in [0.2, 0.25) is 0 Å². The summed E-state index contributed by atoms with van der Waals surface area (Å²) in [6.45, 7) is 1.63. The van der Waals surface area contributed by atoms with Gasteiger partial charge in [-0.25, -0.2) is 0 Å². The van der Waals surface area contributed by atoms with E-state index in [0.717, 1.165) is 13.0 Å². The Labute approximate surface area is 60.9 Å². The number of hydrogen-bond donors (Lipinski definition) is 1. The van der Waals surface area contributed by atoms with Gasteiger partial charge >= 0.3 is 0 Å². The molecule has 1 saturated heterocycles. The normalized spacial score (nSPS) is 34.1. The SMILES string of the molecule is CN1CC[C@@](C#N)(CO)C1. The summed E-state index contributed by atoms with van der Waals surface area (Å²) in [6, 6.07) is 2.17. The molecule has 1 aliphatic rings. The van der Waals surface area contributed by atoms with E-state index < -0.39 is 5.41 Å². The highest BCUT2D eigenvalue weighted by Crippen LogP contribution is 2.27. The fourth-order valence-electron chi connectivity index (χ4n) is 1.34. The van der Waals surface area contributed by atoms with Crippen molar-refractivity contribution in [3.8, 4) is 6.07 Å². The number of likely N-dealkylation sites (tertiary alicyclic amines) is 1. The van der Waals surface area contributed by atoms with E-state index in [1.807, 2.05) is 7.05 Å². The van der Waals surface area contributed by atoms with Gasteiger partial charge in [-0.2, -0.15) is 5.26 Å². The molecule has 1 fully saturated rings. The summed E-state index contributed by atoms with van der Waals surface area (Å²) < 4.78 is 0. The second-order valence-corrected chi connectivity index (χ2v) is 3.04. The molecule has 3 nitrogen and oxygen atoms in total. The highest BCUT2D eigenvalue weighted by Gasteiger charge is 2.35. The minimum absolute atomic E-state index is 0.00611. The van der Waals surface area contributed by atoms with Gasteiger partial charge in [0.15, 0.2) is 0 Å². The molecule has 10 heavy (non-hydrogen) atoms. The van der Waals surface area contributed by atoms with E-state index in [0.29, 0.717) is 6.54 Å². The lowest BCUT2D eigenvalue weighted by molar-refractivity contribution is 0.180. The fourth-order valence-corrected chi connectivity index (χ4v) is 1.34. The molecule has 3 heteroatoms. The van der Waals surface area contributed by atoms with Crippen molar-refractivity contribution in [2.24, 2.45) is 5.41 Å². The topological polar surface area (TPSA) is 47.3 Å². The van der Waals surface area contributed by atoms with Gasteiger partial charge in [-0.1, -0.05) is 0 Å². The second kappa shape index (κ2) is 2.57. The van der Waals surface area contributed by atoms with Crippen LogP contribution in [0.15, 0.2) is 0 Å². The number of rotatable bonds is 1. The zero-order valence-electron chi connectivity index (χ0n) is 6.17. The molecular weight excluding hydrogens is 128 g/mol. The van der Waals surface area contributed by atoms with Crippen molar-refractivity contribution in [1.82, 2.24) is 4.90 Å². The van der Waals surface area contributed by atoms with Crippen LogP contribution in [0.25, 0.3) is 0 Å². The lowest BCUT2D eigenvalue weighted by Gasteiger charge is -2.15. The van der Waals surface area contributed by atoms with Crippen molar-refractivity contribution >= 4 is 0 Å². The molecule has 0 spiro atoms. The summed E-state index contributed by atoms with van der Waals surface area (Å²) in [4.78, 5) is 2.07. The fraction of sp³-hybridized carbons (Fsp3) is 0.857. The van der Waals surface area contributed by atoms with Gasteiger partial charge in [0.05, 0.1) is 18.1 Å². The van der Waals surface area contributed by atoms with Crippen molar-refractivity contribution in [3.05, 3.63) is 0 Å². The van der Waals surface area contributed by atoms with Gasteiger partial charge in [-0.3, -0.25) is 0 Å². The minimum Gasteiger partial charge on any atom is -0.395 e. The maximum Gasteiger partial charge on any atom is 0.0942 e. The first-order chi connectivity index (χ1) is 4.72. The van der Waals surface area contributed by atoms with Crippen LogP contribution in [0.5, 0.6) is 0 Å². The van der Waals surface area contributed by atoms with E-state index in [1.165, 1.54) is 0 Å². The minimum atomic E-state index is -0.464. The molecular formula is C7H12N2O. The standard InChI is InChI=1S/C7H12N2O/c1-9-3-2-7(4-8,5-9)6-10/h10H,2-3,5-6H2,1H3/t7-/m0/s1. The van der Waals surface area contributed by atoms with E-state index in [4.69, 9.17) is 10.4 Å². The highest BCUT2D eigenvalue weighted by atomic mass is 16.3. The number of nitrogens with zero attached hydrogens (tertiary/aromatic N) is 2. The second-order valence-electron chi connectivity index (χ2n) is 3.04. The average Bonchev–Trinajstić information content (AvgIpc) is 2.33. The molecule has 1 N–H and O–H groups in total. The Morgan fingerprint density at radius 2 is 2.50 bits per heavy atom. The Hall–Kier alpha value is -0.590. The van der Waals surface area contributed by atoms with Gasteiger partial charge in [-0.15, -0.1) is 0 Å². The molecule has 0 saturated carbocycles. The van der Waals surface area contributed by atoms with Crippen LogP contribution in [-0.2, 0) is 0 Å². The Morgan fingerprint density at radius 3 is 2.70 bits per heavy atom. The van der Waals surface area contributed by atoms with E-state index in [2.05, 4.69) is 11.0 Å². The number of aliphatic hydroxyl groups excluding tert-OH is 1. The van der Waals surface area contributed by atoms with E-state index in [1.54, 1.807) is 0 Å². The molecule has 0 unspecified atom stereocenters. The summed E-state index contributed by atoms with van der Waals surface area (Å²) in [5, 5.41) is 17.6. The lowest BCUT2D eigenvalue weighted by atomic mass is 9.90. The van der Waals surface area contributed by atoms with Crippen molar-refractivity contribution in [1.29, 1.82) is 5.26 Å². The van der Waals surface area contributed by atoms with Crippen molar-refractivity contribution in [2.75, 3.05) is 26.7 Å². The maximum absolute atomic E-state index is 8.89. The lowest BCUT2D eigenvalue weighted by Crippen LogP contribution is -2.26. The van der Waals surface area contributed by atoms with Crippen LogP contribution < -0.4 is 0 Å². The summed E-state index contributed by atoms with van der Waals surface area (Å²) in [5.74, 6) is 0. The molecule has 0 aliphatic carbocycles. The Kier molecular flexibility index (Phi) is 1.93. The van der Waals surface area contributed by atoms with Gasteiger partial charge in [0.25, 0.3) is 0 Å². The quantitative estimate of drug-likeness (QED) is 0.550. The zero-order valence-corrected chi connectivity index (χ0v) is 6.17. The van der Waals surface area contributed by atoms with Crippen LogP contribution in [0.1, 0.15) is 6.42 Å². The highest BCUT2D eigenvalue weighted by molar-refractivity contribution is 5.04. The summed E-state index contributed by atoms with van der Waals surface area (Å²) in [6.07, 6.45) is 0.802. The molecule has 1 aliphatic heterocycles. The largest absolute Gasteiger partial charge is 0.395 e. The van der Waals surface area contributed by atoms with Gasteiger partial charge in [0.1, 0.15) is 0 Å². The monoisotopic (exact) mass is 140 g/mol. The molecule has 0 aromatic heterocycles. The third kappa shape index (κ3) is 1.13. The van der Waals surface area contributed by atoms with Gasteiger partial charge in [0, 0.05) is 6.54 Å². The predicted molar refractivity (Wildman–Crippen MR) is 37.2 cm³/mol. The number of nitriles is 1. The molecule has 0 amide bonds. The predicted octanol–water partition coefficient (Wildman–Crippen LogP) is -0.176. The van der Waals surface area contributed by atoms with Crippen LogP contribution in [0.2, 0.25) is 0 Å². The molecule has 1 rings (SSSR count). The molecule has 1 atom stereocenters. The summed E-state index contributed by atoms with van der Waals surface area (Å²) >= 11 is 0. The summed E-state index contributed by atoms with van der Waals surface area (Å²) in [7, 11) is 1.97. The molecule has 0 aromatic rings. The molecule has 0 bridgehead atoms. The first kappa shape index (κ1) is 7.52. The van der Waals surface area contributed by atoms with E-state index >= 15 is 0 Å². The molecule has 1 heterocycles. The number of hydrogen-bond acceptors (Lipinski definition) is 3. The Balaban J connectivity index is 2.62. The first-order valence-electron chi connectivity index (χ1n) is 3.43.